The van der Waals surface area contributed by atoms with Crippen LogP contribution in [-0.4, -0.2) is 25.8 Å². The fourth-order valence-electron chi connectivity index (χ4n) is 2.44. The highest BCUT2D eigenvalue weighted by Gasteiger charge is 2.22. The van der Waals surface area contributed by atoms with Gasteiger partial charge in [-0.25, -0.2) is 0 Å². The number of hydrogen-bond acceptors (Lipinski definition) is 2. The molecule has 2 saturated carbocycles. The summed E-state index contributed by atoms with van der Waals surface area (Å²) < 4.78 is 5.93. The van der Waals surface area contributed by atoms with Gasteiger partial charge in [0.15, 0.2) is 0 Å². The van der Waals surface area contributed by atoms with Crippen molar-refractivity contribution in [2.75, 3.05) is 19.7 Å². The lowest BCUT2D eigenvalue weighted by Crippen LogP contribution is -2.29. The maximum Gasteiger partial charge on any atom is 0.0601 e. The molecule has 2 unspecified atom stereocenters. The standard InChI is InChI=1S/C13H25NO/c1-11-4-2-3-5-13(11)15-9-8-14-10-12-6-7-12/h11-14H,2-10H2,1H3. The van der Waals surface area contributed by atoms with Crippen LogP contribution >= 0.6 is 0 Å². The van der Waals surface area contributed by atoms with E-state index in [4.69, 9.17) is 4.74 Å². The second-order valence-electron chi connectivity index (χ2n) is 5.32. The summed E-state index contributed by atoms with van der Waals surface area (Å²) >= 11 is 0. The summed E-state index contributed by atoms with van der Waals surface area (Å²) in [6.45, 7) is 5.49. The van der Waals surface area contributed by atoms with Gasteiger partial charge in [0.2, 0.25) is 0 Å². The Bertz CT molecular complexity index is 179. The molecule has 2 fully saturated rings. The minimum Gasteiger partial charge on any atom is -0.377 e. The van der Waals surface area contributed by atoms with Crippen LogP contribution < -0.4 is 5.32 Å². The highest BCUT2D eigenvalue weighted by molar-refractivity contribution is 4.75. The molecular formula is C13H25NO. The van der Waals surface area contributed by atoms with Crippen LogP contribution in [0.25, 0.3) is 0 Å². The third-order valence-electron chi connectivity index (χ3n) is 3.77. The van der Waals surface area contributed by atoms with Crippen molar-refractivity contribution >= 4 is 0 Å². The van der Waals surface area contributed by atoms with E-state index in [0.29, 0.717) is 6.10 Å². The molecule has 2 aliphatic rings. The molecule has 88 valence electrons. The summed E-state index contributed by atoms with van der Waals surface area (Å²) in [4.78, 5) is 0. The topological polar surface area (TPSA) is 21.3 Å². The lowest BCUT2D eigenvalue weighted by Gasteiger charge is -2.28. The molecule has 0 radical (unpaired) electrons. The van der Waals surface area contributed by atoms with Gasteiger partial charge in [-0.05, 0) is 44.1 Å². The number of nitrogens with one attached hydrogen (secondary N) is 1. The molecule has 0 aliphatic heterocycles. The lowest BCUT2D eigenvalue weighted by molar-refractivity contribution is -0.00315. The van der Waals surface area contributed by atoms with Crippen molar-refractivity contribution in [3.8, 4) is 0 Å². The average Bonchev–Trinajstić information content (AvgIpc) is 3.04. The summed E-state index contributed by atoms with van der Waals surface area (Å²) in [5, 5.41) is 3.48. The maximum absolute atomic E-state index is 5.93. The van der Waals surface area contributed by atoms with E-state index in [2.05, 4.69) is 12.2 Å². The summed E-state index contributed by atoms with van der Waals surface area (Å²) in [6.07, 6.45) is 8.83. The summed E-state index contributed by atoms with van der Waals surface area (Å²) in [6, 6.07) is 0. The first-order chi connectivity index (χ1) is 7.36. The normalized spacial score (nSPS) is 31.8. The largest absolute Gasteiger partial charge is 0.377 e. The minimum atomic E-state index is 0.543. The lowest BCUT2D eigenvalue weighted by atomic mass is 9.88. The first-order valence-corrected chi connectivity index (χ1v) is 6.68. The van der Waals surface area contributed by atoms with Crippen LogP contribution in [0.3, 0.4) is 0 Å². The molecule has 0 bridgehead atoms. The molecule has 0 spiro atoms. The van der Waals surface area contributed by atoms with Crippen molar-refractivity contribution < 1.29 is 4.74 Å². The Morgan fingerprint density at radius 2 is 1.93 bits per heavy atom. The molecule has 2 rings (SSSR count). The van der Waals surface area contributed by atoms with Crippen molar-refractivity contribution in [3.63, 3.8) is 0 Å². The van der Waals surface area contributed by atoms with Crippen LogP contribution in [0.5, 0.6) is 0 Å². The predicted octanol–water partition coefficient (Wildman–Crippen LogP) is 2.58. The van der Waals surface area contributed by atoms with Crippen LogP contribution in [0.15, 0.2) is 0 Å². The van der Waals surface area contributed by atoms with Crippen molar-refractivity contribution in [2.24, 2.45) is 11.8 Å². The molecule has 2 atom stereocenters. The highest BCUT2D eigenvalue weighted by Crippen LogP contribution is 2.27. The van der Waals surface area contributed by atoms with Crippen molar-refractivity contribution in [1.82, 2.24) is 5.32 Å². The molecular weight excluding hydrogens is 186 g/mol. The van der Waals surface area contributed by atoms with Crippen LogP contribution in [0.1, 0.15) is 45.4 Å². The minimum absolute atomic E-state index is 0.543. The Kier molecular flexibility index (Phi) is 4.45. The van der Waals surface area contributed by atoms with Gasteiger partial charge in [0, 0.05) is 6.54 Å². The van der Waals surface area contributed by atoms with E-state index in [1.165, 1.54) is 45.1 Å². The molecule has 2 heteroatoms. The predicted molar refractivity (Wildman–Crippen MR) is 63.0 cm³/mol. The van der Waals surface area contributed by atoms with E-state index in [-0.39, 0.29) is 0 Å². The van der Waals surface area contributed by atoms with E-state index < -0.39 is 0 Å². The first kappa shape index (κ1) is 11.4. The average molecular weight is 211 g/mol. The number of ether oxygens (including phenoxy) is 1. The first-order valence-electron chi connectivity index (χ1n) is 6.68. The fourth-order valence-corrected chi connectivity index (χ4v) is 2.44. The maximum atomic E-state index is 5.93. The van der Waals surface area contributed by atoms with Crippen molar-refractivity contribution in [3.05, 3.63) is 0 Å². The fraction of sp³-hybridized carbons (Fsp3) is 1.00. The Balaban J connectivity index is 1.48. The van der Waals surface area contributed by atoms with Crippen LogP contribution in [-0.2, 0) is 4.74 Å². The van der Waals surface area contributed by atoms with Gasteiger partial charge in [-0.2, -0.15) is 0 Å². The number of rotatable bonds is 6. The van der Waals surface area contributed by atoms with E-state index in [9.17, 15) is 0 Å². The Labute approximate surface area is 93.8 Å². The van der Waals surface area contributed by atoms with E-state index in [1.807, 2.05) is 0 Å². The molecule has 15 heavy (non-hydrogen) atoms. The Hall–Kier alpha value is -0.0800. The molecule has 0 amide bonds. The summed E-state index contributed by atoms with van der Waals surface area (Å²) in [7, 11) is 0. The summed E-state index contributed by atoms with van der Waals surface area (Å²) in [5.74, 6) is 1.76. The second kappa shape index (κ2) is 5.86. The monoisotopic (exact) mass is 211 g/mol. The number of hydrogen-bond donors (Lipinski definition) is 1. The van der Waals surface area contributed by atoms with Gasteiger partial charge in [0.1, 0.15) is 0 Å². The van der Waals surface area contributed by atoms with Gasteiger partial charge < -0.3 is 10.1 Å². The SMILES string of the molecule is CC1CCCCC1OCCNCC1CC1. The van der Waals surface area contributed by atoms with Crippen molar-refractivity contribution in [1.29, 1.82) is 0 Å². The Morgan fingerprint density at radius 3 is 2.67 bits per heavy atom. The zero-order valence-corrected chi connectivity index (χ0v) is 10.0. The van der Waals surface area contributed by atoms with E-state index in [0.717, 1.165) is 25.0 Å². The van der Waals surface area contributed by atoms with Gasteiger partial charge in [-0.1, -0.05) is 19.8 Å². The molecule has 0 aromatic heterocycles. The van der Waals surface area contributed by atoms with Gasteiger partial charge in [-0.3, -0.25) is 0 Å². The molecule has 1 N–H and O–H groups in total. The third-order valence-corrected chi connectivity index (χ3v) is 3.77. The molecule has 0 heterocycles. The van der Waals surface area contributed by atoms with E-state index in [1.54, 1.807) is 0 Å². The van der Waals surface area contributed by atoms with Gasteiger partial charge >= 0.3 is 0 Å². The smallest absolute Gasteiger partial charge is 0.0601 e. The molecule has 0 aromatic rings. The molecule has 2 nitrogen and oxygen atoms in total. The van der Waals surface area contributed by atoms with Crippen LogP contribution in [0.4, 0.5) is 0 Å². The van der Waals surface area contributed by atoms with Gasteiger partial charge in [0.05, 0.1) is 12.7 Å². The van der Waals surface area contributed by atoms with Gasteiger partial charge in [0.25, 0.3) is 0 Å². The Morgan fingerprint density at radius 1 is 1.13 bits per heavy atom. The van der Waals surface area contributed by atoms with Crippen molar-refractivity contribution in [2.45, 2.75) is 51.6 Å². The quantitative estimate of drug-likeness (QED) is 0.682. The molecule has 0 aromatic carbocycles. The highest BCUT2D eigenvalue weighted by atomic mass is 16.5. The molecule has 0 saturated heterocycles. The zero-order chi connectivity index (χ0) is 10.5. The molecule has 2 aliphatic carbocycles. The second-order valence-corrected chi connectivity index (χ2v) is 5.32. The van der Waals surface area contributed by atoms with Crippen LogP contribution in [0, 0.1) is 11.8 Å². The summed E-state index contributed by atoms with van der Waals surface area (Å²) in [5.41, 5.74) is 0. The van der Waals surface area contributed by atoms with E-state index >= 15 is 0 Å². The van der Waals surface area contributed by atoms with Gasteiger partial charge in [-0.15, -0.1) is 0 Å². The van der Waals surface area contributed by atoms with Crippen LogP contribution in [0.2, 0.25) is 0 Å². The third kappa shape index (κ3) is 4.12. The zero-order valence-electron chi connectivity index (χ0n) is 10.0.